The molecule has 0 heterocycles. The van der Waals surface area contributed by atoms with Crippen LogP contribution in [0.1, 0.15) is 122 Å². The van der Waals surface area contributed by atoms with E-state index in [9.17, 15) is 34.8 Å². The van der Waals surface area contributed by atoms with Crippen LogP contribution in [0.25, 0.3) is 0 Å². The van der Waals surface area contributed by atoms with Crippen molar-refractivity contribution in [2.24, 2.45) is 45.3 Å². The van der Waals surface area contributed by atoms with Crippen molar-refractivity contribution in [3.05, 3.63) is 0 Å². The third-order valence-electron chi connectivity index (χ3n) is 9.60. The highest BCUT2D eigenvalue weighted by Crippen LogP contribution is 2.50. The van der Waals surface area contributed by atoms with Crippen molar-refractivity contribution in [3.63, 3.8) is 0 Å². The van der Waals surface area contributed by atoms with E-state index >= 15 is 0 Å². The van der Waals surface area contributed by atoms with Crippen LogP contribution in [-0.2, 0) is 14.4 Å². The zero-order valence-corrected chi connectivity index (χ0v) is 25.6. The zero-order chi connectivity index (χ0) is 29.8. The standard InChI is InChI=1S/C30H56O7/c1-19(26(4,5)6)13-14-22(23(31)32)30(37,25(35)36)29(24(33)34,17-15-20(2)27(7,8)9)18-16-21(3)28(10,11)12/h19-22,37H,13-18H2,1-12H3,(H,31,32)(H,33,34)(H,35,36). The van der Waals surface area contributed by atoms with Crippen molar-refractivity contribution in [1.29, 1.82) is 0 Å². The fraction of sp³-hybridized carbons (Fsp3) is 0.900. The van der Waals surface area contributed by atoms with Gasteiger partial charge in [0.2, 0.25) is 0 Å². The number of rotatable bonds is 14. The van der Waals surface area contributed by atoms with Crippen LogP contribution in [-0.4, -0.2) is 43.9 Å². The number of aliphatic hydroxyl groups is 1. The van der Waals surface area contributed by atoms with E-state index in [0.29, 0.717) is 19.3 Å². The van der Waals surface area contributed by atoms with Crippen LogP contribution in [0.15, 0.2) is 0 Å². The molecule has 7 heteroatoms. The molecule has 0 radical (unpaired) electrons. The summed E-state index contributed by atoms with van der Waals surface area (Å²) in [5, 5.41) is 43.3. The average molecular weight is 529 g/mol. The molecule has 7 nitrogen and oxygen atoms in total. The molecule has 0 amide bonds. The van der Waals surface area contributed by atoms with Crippen molar-refractivity contribution in [3.8, 4) is 0 Å². The van der Waals surface area contributed by atoms with Gasteiger partial charge in [0.05, 0.1) is 5.92 Å². The second-order valence-electron chi connectivity index (χ2n) is 14.8. The van der Waals surface area contributed by atoms with Gasteiger partial charge in [0.15, 0.2) is 5.60 Å². The van der Waals surface area contributed by atoms with Crippen LogP contribution >= 0.6 is 0 Å². The molecule has 5 unspecified atom stereocenters. The molecule has 0 aliphatic rings. The Kier molecular flexibility index (Phi) is 11.9. The minimum atomic E-state index is -2.97. The number of carboxylic acids is 3. The van der Waals surface area contributed by atoms with Crippen molar-refractivity contribution < 1.29 is 34.8 Å². The molecule has 0 aromatic rings. The molecule has 0 aromatic heterocycles. The Bertz CT molecular complexity index is 757. The zero-order valence-electron chi connectivity index (χ0n) is 25.6. The van der Waals surface area contributed by atoms with E-state index in [4.69, 9.17) is 0 Å². The summed E-state index contributed by atoms with van der Waals surface area (Å²) in [6.07, 6.45) is 0.663. The predicted molar refractivity (Wildman–Crippen MR) is 147 cm³/mol. The Morgan fingerprint density at radius 1 is 0.568 bits per heavy atom. The van der Waals surface area contributed by atoms with E-state index in [1.165, 1.54) is 0 Å². The monoisotopic (exact) mass is 528 g/mol. The van der Waals surface area contributed by atoms with E-state index in [-0.39, 0.29) is 53.3 Å². The lowest BCUT2D eigenvalue weighted by atomic mass is 9.57. The van der Waals surface area contributed by atoms with Crippen LogP contribution in [0.5, 0.6) is 0 Å². The minimum absolute atomic E-state index is 0.0218. The fourth-order valence-electron chi connectivity index (χ4n) is 4.72. The summed E-state index contributed by atoms with van der Waals surface area (Å²) >= 11 is 0. The Morgan fingerprint density at radius 3 is 1.14 bits per heavy atom. The van der Waals surface area contributed by atoms with E-state index in [1.54, 1.807) is 0 Å². The maximum atomic E-state index is 13.1. The summed E-state index contributed by atoms with van der Waals surface area (Å²) in [7, 11) is 0. The van der Waals surface area contributed by atoms with Gasteiger partial charge in [-0.25, -0.2) is 4.79 Å². The maximum Gasteiger partial charge on any atom is 0.337 e. The second-order valence-corrected chi connectivity index (χ2v) is 14.8. The van der Waals surface area contributed by atoms with Crippen molar-refractivity contribution in [1.82, 2.24) is 0 Å². The third-order valence-corrected chi connectivity index (χ3v) is 9.60. The van der Waals surface area contributed by atoms with Gasteiger partial charge in [-0.1, -0.05) is 83.1 Å². The van der Waals surface area contributed by atoms with Gasteiger partial charge in [-0.3, -0.25) is 9.59 Å². The number of carboxylic acid groups (broad SMARTS) is 3. The molecule has 5 atom stereocenters. The molecular formula is C30H56O7. The molecule has 0 saturated heterocycles. The SMILES string of the molecule is CC(CCC(C(=O)O)C(O)(C(=O)O)C(CCC(C)C(C)(C)C)(CCC(C)C(C)(C)C)C(=O)O)C(C)(C)C. The minimum Gasteiger partial charge on any atom is -0.481 e. The lowest BCUT2D eigenvalue weighted by Crippen LogP contribution is -2.64. The van der Waals surface area contributed by atoms with Gasteiger partial charge < -0.3 is 20.4 Å². The fourth-order valence-corrected chi connectivity index (χ4v) is 4.72. The first kappa shape index (κ1) is 35.4. The van der Waals surface area contributed by atoms with Crippen molar-refractivity contribution >= 4 is 17.9 Å². The molecule has 218 valence electrons. The molecule has 0 fully saturated rings. The first-order chi connectivity index (χ1) is 16.4. The maximum absolute atomic E-state index is 13.1. The molecule has 0 bridgehead atoms. The first-order valence-corrected chi connectivity index (χ1v) is 13.8. The first-order valence-electron chi connectivity index (χ1n) is 13.8. The summed E-state index contributed by atoms with van der Waals surface area (Å²) < 4.78 is 0. The highest BCUT2D eigenvalue weighted by molar-refractivity contribution is 5.93. The average Bonchev–Trinajstić information content (AvgIpc) is 2.70. The number of hydrogen-bond acceptors (Lipinski definition) is 4. The van der Waals surface area contributed by atoms with Gasteiger partial charge in [-0.2, -0.15) is 0 Å². The van der Waals surface area contributed by atoms with Gasteiger partial charge in [0.25, 0.3) is 0 Å². The van der Waals surface area contributed by atoms with Gasteiger partial charge >= 0.3 is 17.9 Å². The summed E-state index contributed by atoms with van der Waals surface area (Å²) in [4.78, 5) is 38.5. The van der Waals surface area contributed by atoms with Crippen LogP contribution in [0, 0.1) is 45.3 Å². The van der Waals surface area contributed by atoms with E-state index in [2.05, 4.69) is 0 Å². The van der Waals surface area contributed by atoms with Crippen molar-refractivity contribution in [2.75, 3.05) is 0 Å². The largest absolute Gasteiger partial charge is 0.481 e. The van der Waals surface area contributed by atoms with E-state index < -0.39 is 34.8 Å². The van der Waals surface area contributed by atoms with Crippen LogP contribution in [0.4, 0.5) is 0 Å². The molecule has 0 rings (SSSR count). The van der Waals surface area contributed by atoms with E-state index in [0.717, 1.165) is 0 Å². The van der Waals surface area contributed by atoms with E-state index in [1.807, 2.05) is 83.1 Å². The lowest BCUT2D eigenvalue weighted by molar-refractivity contribution is -0.208. The van der Waals surface area contributed by atoms with Gasteiger partial charge in [-0.15, -0.1) is 0 Å². The summed E-state index contributed by atoms with van der Waals surface area (Å²) in [5.41, 5.74) is -5.63. The van der Waals surface area contributed by atoms with Gasteiger partial charge in [0.1, 0.15) is 5.41 Å². The van der Waals surface area contributed by atoms with Crippen molar-refractivity contribution in [2.45, 2.75) is 127 Å². The quantitative estimate of drug-likeness (QED) is 0.191. The second kappa shape index (κ2) is 12.5. The topological polar surface area (TPSA) is 132 Å². The van der Waals surface area contributed by atoms with Crippen LogP contribution in [0.3, 0.4) is 0 Å². The Hall–Kier alpha value is -1.63. The third kappa shape index (κ3) is 8.69. The smallest absolute Gasteiger partial charge is 0.337 e. The number of carbonyl (C=O) groups is 3. The molecule has 0 aromatic carbocycles. The molecule has 0 saturated carbocycles. The van der Waals surface area contributed by atoms with Crippen LogP contribution in [0.2, 0.25) is 0 Å². The summed E-state index contributed by atoms with van der Waals surface area (Å²) in [6.45, 7) is 24.1. The highest BCUT2D eigenvalue weighted by atomic mass is 16.4. The Balaban J connectivity index is 6.91. The van der Waals surface area contributed by atoms with Gasteiger partial charge in [-0.05, 0) is 72.5 Å². The summed E-state index contributed by atoms with van der Waals surface area (Å²) in [6, 6.07) is 0. The van der Waals surface area contributed by atoms with Gasteiger partial charge in [0, 0.05) is 0 Å². The molecule has 4 N–H and O–H groups in total. The normalized spacial score (nSPS) is 19.7. The lowest BCUT2D eigenvalue weighted by Gasteiger charge is -2.46. The molecular weight excluding hydrogens is 472 g/mol. The molecule has 0 aliphatic heterocycles. The molecule has 0 spiro atoms. The van der Waals surface area contributed by atoms with Crippen LogP contribution < -0.4 is 0 Å². The Morgan fingerprint density at radius 2 is 0.892 bits per heavy atom. The predicted octanol–water partition coefficient (Wildman–Crippen LogP) is 6.96. The number of aliphatic carboxylic acids is 3. The molecule has 0 aliphatic carbocycles. The summed E-state index contributed by atoms with van der Waals surface area (Å²) in [5.74, 6) is -6.40. The highest BCUT2D eigenvalue weighted by Gasteiger charge is 2.66. The Labute approximate surface area is 225 Å². The molecule has 37 heavy (non-hydrogen) atoms. The number of hydrogen-bond donors (Lipinski definition) is 4.